The van der Waals surface area contributed by atoms with Crippen LogP contribution in [0.4, 0.5) is 11.5 Å². The lowest BCUT2D eigenvalue weighted by molar-refractivity contribution is 0.704. The highest BCUT2D eigenvalue weighted by molar-refractivity contribution is 5.53. The zero-order chi connectivity index (χ0) is 11.5. The molecule has 1 saturated carbocycles. The van der Waals surface area contributed by atoms with Crippen molar-refractivity contribution in [2.24, 2.45) is 0 Å². The minimum atomic E-state index is 0.724. The topological polar surface area (TPSA) is 42.1 Å². The number of unbranched alkanes of at least 4 members (excludes halogenated alkanes) is 1. The molecule has 88 valence electrons. The van der Waals surface area contributed by atoms with Gasteiger partial charge in [-0.3, -0.25) is 0 Å². The van der Waals surface area contributed by atoms with Crippen LogP contribution in [0, 0.1) is 6.92 Å². The minimum absolute atomic E-state index is 0.724. The van der Waals surface area contributed by atoms with Gasteiger partial charge in [0, 0.05) is 12.6 Å². The molecule has 1 fully saturated rings. The van der Waals surface area contributed by atoms with E-state index in [1.807, 2.05) is 6.92 Å². The molecule has 3 heteroatoms. The summed E-state index contributed by atoms with van der Waals surface area (Å²) in [5.41, 5.74) is 7.72. The second kappa shape index (κ2) is 4.73. The normalized spacial score (nSPS) is 15.1. The van der Waals surface area contributed by atoms with Gasteiger partial charge in [0.2, 0.25) is 0 Å². The van der Waals surface area contributed by atoms with Crippen LogP contribution >= 0.6 is 0 Å². The summed E-state index contributed by atoms with van der Waals surface area (Å²) in [6.45, 7) is 5.40. The van der Waals surface area contributed by atoms with Crippen LogP contribution in [0.2, 0.25) is 0 Å². The third kappa shape index (κ3) is 2.46. The molecule has 0 amide bonds. The number of nitrogens with two attached hydrogens (primary N) is 1. The molecule has 0 aliphatic heterocycles. The van der Waals surface area contributed by atoms with E-state index in [4.69, 9.17) is 5.73 Å². The standard InChI is InChI=1S/C13H21N3/c1-3-4-7-16(11-5-6-11)13-8-10(2)12(14)9-15-13/h8-9,11H,3-7,14H2,1-2H3. The first-order valence-electron chi connectivity index (χ1n) is 6.21. The fourth-order valence-corrected chi connectivity index (χ4v) is 1.91. The van der Waals surface area contributed by atoms with Crippen LogP contribution in [-0.4, -0.2) is 17.6 Å². The predicted molar refractivity (Wildman–Crippen MR) is 68.7 cm³/mol. The molecule has 0 radical (unpaired) electrons. The molecule has 0 bridgehead atoms. The molecule has 0 atom stereocenters. The van der Waals surface area contributed by atoms with Crippen LogP contribution in [0.5, 0.6) is 0 Å². The van der Waals surface area contributed by atoms with Gasteiger partial charge in [-0.25, -0.2) is 4.98 Å². The lowest BCUT2D eigenvalue weighted by Crippen LogP contribution is -2.27. The van der Waals surface area contributed by atoms with Gasteiger partial charge < -0.3 is 10.6 Å². The lowest BCUT2D eigenvalue weighted by Gasteiger charge is -2.23. The monoisotopic (exact) mass is 219 g/mol. The molecule has 0 spiro atoms. The van der Waals surface area contributed by atoms with E-state index in [2.05, 4.69) is 22.9 Å². The summed E-state index contributed by atoms with van der Waals surface area (Å²) < 4.78 is 0. The number of hydrogen-bond acceptors (Lipinski definition) is 3. The zero-order valence-corrected chi connectivity index (χ0v) is 10.2. The van der Waals surface area contributed by atoms with Crippen molar-refractivity contribution in [3.05, 3.63) is 17.8 Å². The Morgan fingerprint density at radius 3 is 2.81 bits per heavy atom. The maximum Gasteiger partial charge on any atom is 0.129 e. The molecule has 0 aromatic carbocycles. The number of hydrogen-bond donors (Lipinski definition) is 1. The summed E-state index contributed by atoms with van der Waals surface area (Å²) in [7, 11) is 0. The zero-order valence-electron chi connectivity index (χ0n) is 10.2. The smallest absolute Gasteiger partial charge is 0.129 e. The van der Waals surface area contributed by atoms with Crippen molar-refractivity contribution in [2.45, 2.75) is 45.6 Å². The van der Waals surface area contributed by atoms with Gasteiger partial charge in [0.05, 0.1) is 11.9 Å². The van der Waals surface area contributed by atoms with Crippen LogP contribution < -0.4 is 10.6 Å². The largest absolute Gasteiger partial charge is 0.397 e. The van der Waals surface area contributed by atoms with Crippen LogP contribution in [0.15, 0.2) is 12.3 Å². The number of aryl methyl sites for hydroxylation is 1. The highest BCUT2D eigenvalue weighted by atomic mass is 15.2. The number of rotatable bonds is 5. The minimum Gasteiger partial charge on any atom is -0.397 e. The summed E-state index contributed by atoms with van der Waals surface area (Å²) in [6.07, 6.45) is 6.88. The third-order valence-electron chi connectivity index (χ3n) is 3.17. The van der Waals surface area contributed by atoms with Gasteiger partial charge in [-0.05, 0) is 37.8 Å². The van der Waals surface area contributed by atoms with E-state index in [1.165, 1.54) is 25.7 Å². The van der Waals surface area contributed by atoms with E-state index < -0.39 is 0 Å². The van der Waals surface area contributed by atoms with Crippen molar-refractivity contribution in [1.82, 2.24) is 4.98 Å². The number of aromatic nitrogens is 1. The first kappa shape index (κ1) is 11.2. The van der Waals surface area contributed by atoms with Gasteiger partial charge in [0.15, 0.2) is 0 Å². The first-order valence-corrected chi connectivity index (χ1v) is 6.21. The Morgan fingerprint density at radius 2 is 2.25 bits per heavy atom. The van der Waals surface area contributed by atoms with E-state index >= 15 is 0 Å². The van der Waals surface area contributed by atoms with Gasteiger partial charge in [0.1, 0.15) is 5.82 Å². The second-order valence-corrected chi connectivity index (χ2v) is 4.68. The molecule has 1 aliphatic carbocycles. The molecule has 0 saturated heterocycles. The number of pyridine rings is 1. The summed E-state index contributed by atoms with van der Waals surface area (Å²) in [5, 5.41) is 0. The Kier molecular flexibility index (Phi) is 3.32. The molecular weight excluding hydrogens is 198 g/mol. The van der Waals surface area contributed by atoms with Crippen LogP contribution in [0.25, 0.3) is 0 Å². The molecule has 0 unspecified atom stereocenters. The maximum atomic E-state index is 5.80. The summed E-state index contributed by atoms with van der Waals surface area (Å²) in [6, 6.07) is 2.84. The van der Waals surface area contributed by atoms with Crippen LogP contribution in [0.3, 0.4) is 0 Å². The highest BCUT2D eigenvalue weighted by Gasteiger charge is 2.29. The van der Waals surface area contributed by atoms with E-state index in [1.54, 1.807) is 6.20 Å². The second-order valence-electron chi connectivity index (χ2n) is 4.68. The molecule has 2 N–H and O–H groups in total. The Morgan fingerprint density at radius 1 is 1.50 bits per heavy atom. The van der Waals surface area contributed by atoms with Crippen molar-refractivity contribution < 1.29 is 0 Å². The van der Waals surface area contributed by atoms with Gasteiger partial charge >= 0.3 is 0 Å². The molecule has 16 heavy (non-hydrogen) atoms. The number of nitrogens with zero attached hydrogens (tertiary/aromatic N) is 2. The first-order chi connectivity index (χ1) is 7.72. The fourth-order valence-electron chi connectivity index (χ4n) is 1.91. The fraction of sp³-hybridized carbons (Fsp3) is 0.615. The Hall–Kier alpha value is -1.25. The Labute approximate surface area is 97.7 Å². The molecule has 3 nitrogen and oxygen atoms in total. The van der Waals surface area contributed by atoms with Gasteiger partial charge in [-0.15, -0.1) is 0 Å². The van der Waals surface area contributed by atoms with Gasteiger partial charge in [-0.1, -0.05) is 13.3 Å². The van der Waals surface area contributed by atoms with E-state index in [9.17, 15) is 0 Å². The van der Waals surface area contributed by atoms with Gasteiger partial charge in [-0.2, -0.15) is 0 Å². The molecular formula is C13H21N3. The summed E-state index contributed by atoms with van der Waals surface area (Å²) in [4.78, 5) is 6.89. The SMILES string of the molecule is CCCCN(c1cc(C)c(N)cn1)C1CC1. The van der Waals surface area contributed by atoms with Crippen LogP contribution in [0.1, 0.15) is 38.2 Å². The molecule has 1 aliphatic rings. The Balaban J connectivity index is 2.14. The van der Waals surface area contributed by atoms with Crippen molar-refractivity contribution in [3.63, 3.8) is 0 Å². The van der Waals surface area contributed by atoms with Gasteiger partial charge in [0.25, 0.3) is 0 Å². The number of anilines is 2. The van der Waals surface area contributed by atoms with E-state index in [0.29, 0.717) is 0 Å². The third-order valence-corrected chi connectivity index (χ3v) is 3.17. The molecule has 1 heterocycles. The predicted octanol–water partition coefficient (Wildman–Crippen LogP) is 2.74. The van der Waals surface area contributed by atoms with E-state index in [-0.39, 0.29) is 0 Å². The lowest BCUT2D eigenvalue weighted by atomic mass is 10.2. The van der Waals surface area contributed by atoms with E-state index in [0.717, 1.165) is 29.7 Å². The van der Waals surface area contributed by atoms with Crippen molar-refractivity contribution in [2.75, 3.05) is 17.2 Å². The van der Waals surface area contributed by atoms with Crippen LogP contribution in [-0.2, 0) is 0 Å². The maximum absolute atomic E-state index is 5.80. The molecule has 2 rings (SSSR count). The number of nitrogen functional groups attached to an aromatic ring is 1. The van der Waals surface area contributed by atoms with Crippen molar-refractivity contribution >= 4 is 11.5 Å². The average Bonchev–Trinajstić information content (AvgIpc) is 3.08. The molecule has 1 aromatic rings. The summed E-state index contributed by atoms with van der Waals surface area (Å²) in [5.74, 6) is 1.10. The average molecular weight is 219 g/mol. The van der Waals surface area contributed by atoms with Crippen molar-refractivity contribution in [1.29, 1.82) is 0 Å². The summed E-state index contributed by atoms with van der Waals surface area (Å²) >= 11 is 0. The van der Waals surface area contributed by atoms with Crippen molar-refractivity contribution in [3.8, 4) is 0 Å². The molecule has 1 aromatic heterocycles. The quantitative estimate of drug-likeness (QED) is 0.828. The Bertz CT molecular complexity index is 358. The highest BCUT2D eigenvalue weighted by Crippen LogP contribution is 2.31.